The van der Waals surface area contributed by atoms with E-state index in [2.05, 4.69) is 64.2 Å². The number of hydrogen-bond donors (Lipinski definition) is 1. The van der Waals surface area contributed by atoms with Crippen LogP contribution in [0.4, 0.5) is 0 Å². The first-order valence-corrected chi connectivity index (χ1v) is 7.48. The third kappa shape index (κ3) is 6.51. The van der Waals surface area contributed by atoms with E-state index in [9.17, 15) is 0 Å². The molecular formula is C17H29NO2. The summed E-state index contributed by atoms with van der Waals surface area (Å²) in [7, 11) is 0. The van der Waals surface area contributed by atoms with Crippen LogP contribution in [0.3, 0.4) is 0 Å². The summed E-state index contributed by atoms with van der Waals surface area (Å²) < 4.78 is 11.6. The summed E-state index contributed by atoms with van der Waals surface area (Å²) in [5.41, 5.74) is 1.16. The molecule has 114 valence electrons. The van der Waals surface area contributed by atoms with Crippen LogP contribution in [0, 0.1) is 0 Å². The van der Waals surface area contributed by atoms with E-state index < -0.39 is 0 Å². The number of hydrogen-bond acceptors (Lipinski definition) is 3. The van der Waals surface area contributed by atoms with Crippen LogP contribution in [0.5, 0.6) is 0 Å². The molecule has 1 aromatic rings. The van der Waals surface area contributed by atoms with Crippen molar-refractivity contribution in [1.82, 2.24) is 5.32 Å². The van der Waals surface area contributed by atoms with Gasteiger partial charge in [-0.15, -0.1) is 0 Å². The minimum atomic E-state index is -0.104. The molecule has 2 atom stereocenters. The molecule has 0 aromatic heterocycles. The van der Waals surface area contributed by atoms with Crippen molar-refractivity contribution in [3.63, 3.8) is 0 Å². The summed E-state index contributed by atoms with van der Waals surface area (Å²) in [6, 6.07) is 10.7. The number of likely N-dealkylation sites (N-methyl/N-ethyl adjacent to an activating group) is 1. The Balaban J connectivity index is 2.47. The van der Waals surface area contributed by atoms with Crippen LogP contribution < -0.4 is 5.32 Å². The van der Waals surface area contributed by atoms with Gasteiger partial charge < -0.3 is 14.8 Å². The van der Waals surface area contributed by atoms with Gasteiger partial charge in [0.2, 0.25) is 0 Å². The zero-order chi connectivity index (χ0) is 15.0. The Bertz CT molecular complexity index is 359. The quantitative estimate of drug-likeness (QED) is 0.738. The van der Waals surface area contributed by atoms with Gasteiger partial charge in [0.05, 0.1) is 31.0 Å². The molecule has 1 N–H and O–H groups in total. The zero-order valence-corrected chi connectivity index (χ0v) is 13.5. The standard InChI is InChI=1S/C17H29NO2/c1-6-18-16(15-10-8-7-9-11-15)14(2)19-12-13-20-17(3,4)5/h7-11,14,16,18H,6,12-13H2,1-5H3. The van der Waals surface area contributed by atoms with Gasteiger partial charge in [-0.1, -0.05) is 37.3 Å². The van der Waals surface area contributed by atoms with E-state index in [0.717, 1.165) is 6.54 Å². The number of rotatable bonds is 8. The molecule has 0 bridgehead atoms. The minimum Gasteiger partial charge on any atom is -0.374 e. The van der Waals surface area contributed by atoms with Crippen molar-refractivity contribution in [2.45, 2.75) is 52.4 Å². The minimum absolute atomic E-state index is 0.104. The van der Waals surface area contributed by atoms with Crippen LogP contribution in [0.25, 0.3) is 0 Å². The molecule has 0 heterocycles. The van der Waals surface area contributed by atoms with E-state index in [1.54, 1.807) is 0 Å². The maximum absolute atomic E-state index is 5.92. The van der Waals surface area contributed by atoms with Crippen LogP contribution in [-0.4, -0.2) is 31.5 Å². The molecule has 0 spiro atoms. The lowest BCUT2D eigenvalue weighted by Crippen LogP contribution is -2.33. The van der Waals surface area contributed by atoms with E-state index >= 15 is 0 Å². The molecule has 0 fully saturated rings. The van der Waals surface area contributed by atoms with E-state index in [1.807, 2.05) is 6.07 Å². The Hall–Kier alpha value is -0.900. The predicted molar refractivity (Wildman–Crippen MR) is 84.0 cm³/mol. The molecule has 0 aliphatic rings. The molecule has 0 aliphatic carbocycles. The Labute approximate surface area is 123 Å². The van der Waals surface area contributed by atoms with Crippen LogP contribution in [0.15, 0.2) is 30.3 Å². The number of benzene rings is 1. The summed E-state index contributed by atoms with van der Waals surface area (Å²) in [5.74, 6) is 0. The van der Waals surface area contributed by atoms with E-state index in [-0.39, 0.29) is 17.7 Å². The van der Waals surface area contributed by atoms with Gasteiger partial charge in [0, 0.05) is 0 Å². The first-order chi connectivity index (χ1) is 9.44. The first kappa shape index (κ1) is 17.2. The fraction of sp³-hybridized carbons (Fsp3) is 0.647. The second kappa shape index (κ2) is 8.40. The van der Waals surface area contributed by atoms with Crippen molar-refractivity contribution in [2.75, 3.05) is 19.8 Å². The molecule has 0 radical (unpaired) electrons. The molecule has 0 saturated carbocycles. The van der Waals surface area contributed by atoms with E-state index in [1.165, 1.54) is 5.56 Å². The highest BCUT2D eigenvalue weighted by Gasteiger charge is 2.19. The largest absolute Gasteiger partial charge is 0.374 e. The molecule has 3 nitrogen and oxygen atoms in total. The molecule has 2 unspecified atom stereocenters. The second-order valence-electron chi connectivity index (χ2n) is 5.98. The SMILES string of the molecule is CCNC(c1ccccc1)C(C)OCCOC(C)(C)C. The Morgan fingerprint density at radius 2 is 1.75 bits per heavy atom. The molecule has 3 heteroatoms. The van der Waals surface area contributed by atoms with Gasteiger partial charge in [-0.3, -0.25) is 0 Å². The van der Waals surface area contributed by atoms with Crippen molar-refractivity contribution < 1.29 is 9.47 Å². The van der Waals surface area contributed by atoms with Gasteiger partial charge in [-0.25, -0.2) is 0 Å². The molecule has 20 heavy (non-hydrogen) atoms. The number of ether oxygens (including phenoxy) is 2. The van der Waals surface area contributed by atoms with E-state index in [0.29, 0.717) is 13.2 Å². The van der Waals surface area contributed by atoms with Gasteiger partial charge in [0.25, 0.3) is 0 Å². The maximum atomic E-state index is 5.92. The topological polar surface area (TPSA) is 30.5 Å². The average Bonchev–Trinajstić information content (AvgIpc) is 2.40. The van der Waals surface area contributed by atoms with Gasteiger partial charge in [0.15, 0.2) is 0 Å². The predicted octanol–water partition coefficient (Wildman–Crippen LogP) is 3.56. The molecule has 1 aromatic carbocycles. The lowest BCUT2D eigenvalue weighted by atomic mass is 10.0. The Morgan fingerprint density at radius 1 is 1.10 bits per heavy atom. The normalized spacial score (nSPS) is 15.1. The van der Waals surface area contributed by atoms with Gasteiger partial charge >= 0.3 is 0 Å². The van der Waals surface area contributed by atoms with Gasteiger partial charge in [-0.2, -0.15) is 0 Å². The van der Waals surface area contributed by atoms with Crippen molar-refractivity contribution in [1.29, 1.82) is 0 Å². The van der Waals surface area contributed by atoms with Crippen LogP contribution in [0.2, 0.25) is 0 Å². The van der Waals surface area contributed by atoms with E-state index in [4.69, 9.17) is 9.47 Å². The third-order valence-electron chi connectivity index (χ3n) is 3.05. The van der Waals surface area contributed by atoms with Crippen molar-refractivity contribution in [3.05, 3.63) is 35.9 Å². The van der Waals surface area contributed by atoms with Gasteiger partial charge in [0.1, 0.15) is 0 Å². The highest BCUT2D eigenvalue weighted by atomic mass is 16.5. The van der Waals surface area contributed by atoms with Crippen LogP contribution >= 0.6 is 0 Å². The average molecular weight is 279 g/mol. The highest BCUT2D eigenvalue weighted by molar-refractivity contribution is 5.19. The lowest BCUT2D eigenvalue weighted by molar-refractivity contribution is -0.0546. The fourth-order valence-corrected chi connectivity index (χ4v) is 2.11. The highest BCUT2D eigenvalue weighted by Crippen LogP contribution is 2.19. The molecule has 0 aliphatic heterocycles. The molecule has 0 amide bonds. The van der Waals surface area contributed by atoms with Crippen molar-refractivity contribution >= 4 is 0 Å². The summed E-state index contributed by atoms with van der Waals surface area (Å²) in [4.78, 5) is 0. The lowest BCUT2D eigenvalue weighted by Gasteiger charge is -2.26. The number of nitrogens with one attached hydrogen (secondary N) is 1. The maximum Gasteiger partial charge on any atom is 0.0742 e. The van der Waals surface area contributed by atoms with Crippen molar-refractivity contribution in [2.24, 2.45) is 0 Å². The second-order valence-corrected chi connectivity index (χ2v) is 5.98. The molecule has 0 saturated heterocycles. The van der Waals surface area contributed by atoms with Gasteiger partial charge in [-0.05, 0) is 39.8 Å². The zero-order valence-electron chi connectivity index (χ0n) is 13.5. The summed E-state index contributed by atoms with van der Waals surface area (Å²) >= 11 is 0. The third-order valence-corrected chi connectivity index (χ3v) is 3.05. The van der Waals surface area contributed by atoms with Crippen LogP contribution in [-0.2, 0) is 9.47 Å². The molecular weight excluding hydrogens is 250 g/mol. The Morgan fingerprint density at radius 3 is 2.30 bits per heavy atom. The first-order valence-electron chi connectivity index (χ1n) is 7.48. The van der Waals surface area contributed by atoms with Crippen molar-refractivity contribution in [3.8, 4) is 0 Å². The summed E-state index contributed by atoms with van der Waals surface area (Å²) in [6.07, 6.45) is 0.112. The summed E-state index contributed by atoms with van der Waals surface area (Å²) in [6.45, 7) is 12.6. The molecule has 1 rings (SSSR count). The Kier molecular flexibility index (Phi) is 7.20. The summed E-state index contributed by atoms with van der Waals surface area (Å²) in [5, 5.41) is 3.49. The smallest absolute Gasteiger partial charge is 0.0742 e. The van der Waals surface area contributed by atoms with Crippen LogP contribution in [0.1, 0.15) is 46.2 Å². The monoisotopic (exact) mass is 279 g/mol. The fourth-order valence-electron chi connectivity index (χ4n) is 2.11.